The molecule has 1 heterocycles. The van der Waals surface area contributed by atoms with Gasteiger partial charge in [0.2, 0.25) is 0 Å². The summed E-state index contributed by atoms with van der Waals surface area (Å²) in [4.78, 5) is 5.92. The number of methoxy groups -OCH3 is 1. The molecule has 0 radical (unpaired) electrons. The summed E-state index contributed by atoms with van der Waals surface area (Å²) >= 11 is 0. The lowest BCUT2D eigenvalue weighted by molar-refractivity contribution is -0.140. The number of nitrogen functional groups attached to an aromatic ring is 1. The van der Waals surface area contributed by atoms with Crippen molar-refractivity contribution in [1.29, 1.82) is 0 Å². The summed E-state index contributed by atoms with van der Waals surface area (Å²) in [5.41, 5.74) is 5.66. The molecule has 3 N–H and O–H groups in total. The van der Waals surface area contributed by atoms with Gasteiger partial charge in [0.25, 0.3) is 0 Å². The molecule has 114 valence electrons. The predicted octanol–water partition coefficient (Wildman–Crippen LogP) is 2.70. The maximum atomic E-state index is 12.5. The second-order valence-corrected chi connectivity index (χ2v) is 4.24. The molecule has 0 saturated carbocycles. The van der Waals surface area contributed by atoms with Crippen molar-refractivity contribution in [2.45, 2.75) is 6.18 Å². The zero-order valence-electron chi connectivity index (χ0n) is 11.2. The van der Waals surface area contributed by atoms with Crippen LogP contribution in [0.15, 0.2) is 24.4 Å². The number of alkyl halides is 3. The summed E-state index contributed by atoms with van der Waals surface area (Å²) in [5, 5.41) is 0. The van der Waals surface area contributed by atoms with Gasteiger partial charge in [0.05, 0.1) is 18.5 Å². The molecular formula is C13H14F3N3O2. The largest absolute Gasteiger partial charge is 0.489 e. The van der Waals surface area contributed by atoms with Crippen molar-refractivity contribution < 1.29 is 22.6 Å². The SMILES string of the molecule is COCCOc1ccc(-c2ncc(C(F)(F)F)[nH]2)cc1N. The minimum atomic E-state index is -4.46. The van der Waals surface area contributed by atoms with Crippen LogP contribution in [0.5, 0.6) is 5.75 Å². The molecule has 0 spiro atoms. The Balaban J connectivity index is 2.18. The number of nitrogens with one attached hydrogen (secondary N) is 1. The van der Waals surface area contributed by atoms with Crippen LogP contribution in [0.4, 0.5) is 18.9 Å². The molecule has 0 amide bonds. The van der Waals surface area contributed by atoms with Gasteiger partial charge in [-0.25, -0.2) is 4.98 Å². The number of rotatable bonds is 5. The molecule has 8 heteroatoms. The van der Waals surface area contributed by atoms with E-state index in [1.807, 2.05) is 0 Å². The van der Waals surface area contributed by atoms with Crippen LogP contribution in [-0.4, -0.2) is 30.3 Å². The summed E-state index contributed by atoms with van der Waals surface area (Å²) in [7, 11) is 1.55. The van der Waals surface area contributed by atoms with Crippen LogP contribution in [-0.2, 0) is 10.9 Å². The standard InChI is InChI=1S/C13H14F3N3O2/c1-20-4-5-21-10-3-2-8(6-9(10)17)12-18-7-11(19-12)13(14,15)16/h2-3,6-7H,4-5,17H2,1H3,(H,18,19). The maximum Gasteiger partial charge on any atom is 0.432 e. The highest BCUT2D eigenvalue weighted by atomic mass is 19.4. The van der Waals surface area contributed by atoms with E-state index in [-0.39, 0.29) is 5.82 Å². The highest BCUT2D eigenvalue weighted by Crippen LogP contribution is 2.31. The molecule has 5 nitrogen and oxygen atoms in total. The molecule has 21 heavy (non-hydrogen) atoms. The van der Waals surface area contributed by atoms with E-state index in [4.69, 9.17) is 15.2 Å². The Hall–Kier alpha value is -2.22. The van der Waals surface area contributed by atoms with Gasteiger partial charge >= 0.3 is 6.18 Å². The Morgan fingerprint density at radius 2 is 2.05 bits per heavy atom. The fraction of sp³-hybridized carbons (Fsp3) is 0.308. The molecule has 0 aliphatic rings. The van der Waals surface area contributed by atoms with Gasteiger partial charge in [0.15, 0.2) is 0 Å². The smallest absolute Gasteiger partial charge is 0.432 e. The van der Waals surface area contributed by atoms with E-state index in [1.165, 1.54) is 6.07 Å². The van der Waals surface area contributed by atoms with E-state index >= 15 is 0 Å². The first kappa shape index (κ1) is 15.2. The molecule has 0 bridgehead atoms. The Bertz CT molecular complexity index is 611. The monoisotopic (exact) mass is 301 g/mol. The summed E-state index contributed by atoms with van der Waals surface area (Å²) in [6.45, 7) is 0.743. The Labute approximate surface area is 118 Å². The van der Waals surface area contributed by atoms with Gasteiger partial charge in [0.1, 0.15) is 23.9 Å². The number of benzene rings is 1. The number of nitrogens with zero attached hydrogens (tertiary/aromatic N) is 1. The fourth-order valence-electron chi connectivity index (χ4n) is 1.67. The number of H-pyrrole nitrogens is 1. The van der Waals surface area contributed by atoms with E-state index in [1.54, 1.807) is 19.2 Å². The molecule has 1 aromatic carbocycles. The van der Waals surface area contributed by atoms with Gasteiger partial charge in [0, 0.05) is 12.7 Å². The van der Waals surface area contributed by atoms with E-state index in [2.05, 4.69) is 9.97 Å². The normalized spacial score (nSPS) is 11.6. The lowest BCUT2D eigenvalue weighted by Gasteiger charge is -2.09. The summed E-state index contributed by atoms with van der Waals surface area (Å²) in [6, 6.07) is 4.66. The second-order valence-electron chi connectivity index (χ2n) is 4.24. The highest BCUT2D eigenvalue weighted by Gasteiger charge is 2.33. The number of hydrogen-bond acceptors (Lipinski definition) is 4. The van der Waals surface area contributed by atoms with Crippen molar-refractivity contribution >= 4 is 5.69 Å². The highest BCUT2D eigenvalue weighted by molar-refractivity contribution is 5.66. The maximum absolute atomic E-state index is 12.5. The zero-order valence-corrected chi connectivity index (χ0v) is 11.2. The average molecular weight is 301 g/mol. The second kappa shape index (κ2) is 6.04. The van der Waals surface area contributed by atoms with Crippen molar-refractivity contribution in [2.75, 3.05) is 26.1 Å². The van der Waals surface area contributed by atoms with Crippen molar-refractivity contribution in [1.82, 2.24) is 9.97 Å². The molecular weight excluding hydrogens is 287 g/mol. The van der Waals surface area contributed by atoms with Crippen molar-refractivity contribution in [3.05, 3.63) is 30.1 Å². The Kier molecular flexibility index (Phi) is 4.37. The topological polar surface area (TPSA) is 73.2 Å². The number of imidazole rings is 1. The molecule has 2 rings (SSSR count). The molecule has 0 unspecified atom stereocenters. The van der Waals surface area contributed by atoms with E-state index in [9.17, 15) is 13.2 Å². The lowest BCUT2D eigenvalue weighted by atomic mass is 10.2. The predicted molar refractivity (Wildman–Crippen MR) is 70.8 cm³/mol. The molecule has 0 aliphatic carbocycles. The van der Waals surface area contributed by atoms with Crippen molar-refractivity contribution in [3.63, 3.8) is 0 Å². The minimum Gasteiger partial charge on any atom is -0.489 e. The molecule has 2 aromatic rings. The quantitative estimate of drug-likeness (QED) is 0.658. The first-order valence-corrected chi connectivity index (χ1v) is 6.05. The molecule has 1 aromatic heterocycles. The molecule has 0 fully saturated rings. The molecule has 0 saturated heterocycles. The van der Waals surface area contributed by atoms with Crippen molar-refractivity contribution in [3.8, 4) is 17.1 Å². The third kappa shape index (κ3) is 3.66. The van der Waals surface area contributed by atoms with Crippen LogP contribution >= 0.6 is 0 Å². The van der Waals surface area contributed by atoms with Crippen molar-refractivity contribution in [2.24, 2.45) is 0 Å². The number of aromatic nitrogens is 2. The Morgan fingerprint density at radius 1 is 1.29 bits per heavy atom. The number of anilines is 1. The van der Waals surface area contributed by atoms with Gasteiger partial charge in [-0.15, -0.1) is 0 Å². The number of ether oxygens (including phenoxy) is 2. The number of aromatic amines is 1. The van der Waals surface area contributed by atoms with Crippen LogP contribution < -0.4 is 10.5 Å². The fourth-order valence-corrected chi connectivity index (χ4v) is 1.67. The van der Waals surface area contributed by atoms with E-state index in [0.717, 1.165) is 6.20 Å². The Morgan fingerprint density at radius 3 is 2.62 bits per heavy atom. The number of hydrogen-bond donors (Lipinski definition) is 2. The first-order chi connectivity index (χ1) is 9.91. The van der Waals surface area contributed by atoms with Crippen LogP contribution in [0, 0.1) is 0 Å². The lowest BCUT2D eigenvalue weighted by Crippen LogP contribution is -2.06. The summed E-state index contributed by atoms with van der Waals surface area (Å²) < 4.78 is 47.7. The molecule has 0 atom stereocenters. The zero-order chi connectivity index (χ0) is 15.5. The van der Waals surface area contributed by atoms with Crippen LogP contribution in [0.25, 0.3) is 11.4 Å². The van der Waals surface area contributed by atoms with Gasteiger partial charge in [-0.3, -0.25) is 0 Å². The van der Waals surface area contributed by atoms with E-state index in [0.29, 0.717) is 30.2 Å². The van der Waals surface area contributed by atoms with E-state index < -0.39 is 11.9 Å². The van der Waals surface area contributed by atoms with Gasteiger partial charge in [-0.1, -0.05) is 0 Å². The van der Waals surface area contributed by atoms with Crippen LogP contribution in [0.1, 0.15) is 5.69 Å². The third-order valence-electron chi connectivity index (χ3n) is 2.71. The van der Waals surface area contributed by atoms with Gasteiger partial charge in [-0.05, 0) is 18.2 Å². The van der Waals surface area contributed by atoms with Crippen LogP contribution in [0.3, 0.4) is 0 Å². The van der Waals surface area contributed by atoms with Crippen LogP contribution in [0.2, 0.25) is 0 Å². The minimum absolute atomic E-state index is 0.0949. The average Bonchev–Trinajstić information content (AvgIpc) is 2.90. The van der Waals surface area contributed by atoms with Gasteiger partial charge < -0.3 is 20.2 Å². The third-order valence-corrected chi connectivity index (χ3v) is 2.71. The number of halogens is 3. The summed E-state index contributed by atoms with van der Waals surface area (Å²) in [5.74, 6) is 0.538. The summed E-state index contributed by atoms with van der Waals surface area (Å²) in [6.07, 6.45) is -3.71. The van der Waals surface area contributed by atoms with Gasteiger partial charge in [-0.2, -0.15) is 13.2 Å². The first-order valence-electron chi connectivity index (χ1n) is 6.05. The number of nitrogens with two attached hydrogens (primary N) is 1. The molecule has 0 aliphatic heterocycles.